The Morgan fingerprint density at radius 3 is 2.33 bits per heavy atom. The van der Waals surface area contributed by atoms with Crippen molar-refractivity contribution in [1.82, 2.24) is 10.6 Å². The van der Waals surface area contributed by atoms with Crippen molar-refractivity contribution < 1.29 is 14.2 Å². The topological polar surface area (TPSA) is 64.1 Å². The number of guanidine groups is 1. The number of nitrogens with zero attached hydrogens (tertiary/aromatic N) is 1. The lowest BCUT2D eigenvalue weighted by Crippen LogP contribution is -2.39. The van der Waals surface area contributed by atoms with E-state index in [0.29, 0.717) is 29.8 Å². The van der Waals surface area contributed by atoms with Gasteiger partial charge in [0.15, 0.2) is 17.5 Å². The van der Waals surface area contributed by atoms with E-state index < -0.39 is 0 Å². The third kappa shape index (κ3) is 5.06. The third-order valence-electron chi connectivity index (χ3n) is 3.97. The second-order valence-corrected chi connectivity index (χ2v) is 5.65. The molecule has 1 saturated carbocycles. The third-order valence-corrected chi connectivity index (χ3v) is 3.97. The van der Waals surface area contributed by atoms with E-state index in [1.807, 2.05) is 12.1 Å². The molecule has 2 N–H and O–H groups in total. The van der Waals surface area contributed by atoms with Crippen LogP contribution in [0.25, 0.3) is 0 Å². The molecule has 1 aliphatic rings. The van der Waals surface area contributed by atoms with Crippen LogP contribution in [0.2, 0.25) is 0 Å². The second-order valence-electron chi connectivity index (χ2n) is 5.65. The van der Waals surface area contributed by atoms with Crippen molar-refractivity contribution in [2.45, 2.75) is 32.9 Å². The van der Waals surface area contributed by atoms with Gasteiger partial charge in [0.25, 0.3) is 0 Å². The number of nitrogens with one attached hydrogen (secondary N) is 2. The highest BCUT2D eigenvalue weighted by molar-refractivity contribution is 14.0. The number of hydrogen-bond donors (Lipinski definition) is 2. The van der Waals surface area contributed by atoms with Crippen molar-refractivity contribution in [3.05, 3.63) is 17.7 Å². The van der Waals surface area contributed by atoms with Gasteiger partial charge < -0.3 is 24.8 Å². The quantitative estimate of drug-likeness (QED) is 0.381. The van der Waals surface area contributed by atoms with Gasteiger partial charge >= 0.3 is 0 Å². The molecule has 2 atom stereocenters. The van der Waals surface area contributed by atoms with Crippen LogP contribution in [0.4, 0.5) is 0 Å². The molecule has 136 valence electrons. The van der Waals surface area contributed by atoms with E-state index in [4.69, 9.17) is 14.2 Å². The molecule has 0 aromatic heterocycles. The van der Waals surface area contributed by atoms with Crippen LogP contribution in [0.1, 0.15) is 25.8 Å². The molecule has 0 spiro atoms. The fourth-order valence-electron chi connectivity index (χ4n) is 2.47. The van der Waals surface area contributed by atoms with Crippen molar-refractivity contribution in [1.29, 1.82) is 0 Å². The summed E-state index contributed by atoms with van der Waals surface area (Å²) in [6.45, 7) is 5.62. The first kappa shape index (κ1) is 20.7. The maximum absolute atomic E-state index is 5.50. The normalized spacial score (nSPS) is 19.1. The average Bonchev–Trinajstić information content (AvgIpc) is 3.26. The van der Waals surface area contributed by atoms with Gasteiger partial charge in [-0.1, -0.05) is 6.92 Å². The van der Waals surface area contributed by atoms with E-state index in [9.17, 15) is 0 Å². The van der Waals surface area contributed by atoms with Gasteiger partial charge in [0.2, 0.25) is 5.75 Å². The summed E-state index contributed by atoms with van der Waals surface area (Å²) in [5.41, 5.74) is 0.950. The van der Waals surface area contributed by atoms with Crippen LogP contribution >= 0.6 is 24.0 Å². The Morgan fingerprint density at radius 1 is 1.17 bits per heavy atom. The summed E-state index contributed by atoms with van der Waals surface area (Å²) in [7, 11) is 4.84. The number of rotatable bonds is 7. The smallest absolute Gasteiger partial charge is 0.203 e. The van der Waals surface area contributed by atoms with Gasteiger partial charge in [-0.25, -0.2) is 4.99 Å². The minimum absolute atomic E-state index is 0. The van der Waals surface area contributed by atoms with E-state index in [1.165, 1.54) is 6.42 Å². The van der Waals surface area contributed by atoms with Gasteiger partial charge in [0.1, 0.15) is 0 Å². The van der Waals surface area contributed by atoms with Gasteiger partial charge in [-0.05, 0) is 31.4 Å². The van der Waals surface area contributed by atoms with Crippen LogP contribution in [0.3, 0.4) is 0 Å². The highest BCUT2D eigenvalue weighted by Crippen LogP contribution is 2.40. The van der Waals surface area contributed by atoms with Crippen LogP contribution in [0.15, 0.2) is 17.1 Å². The van der Waals surface area contributed by atoms with Crippen molar-refractivity contribution >= 4 is 29.9 Å². The van der Waals surface area contributed by atoms with Crippen molar-refractivity contribution in [3.8, 4) is 17.2 Å². The molecule has 1 aromatic rings. The number of aliphatic imine (C=N–C) groups is 1. The van der Waals surface area contributed by atoms with Crippen LogP contribution in [-0.2, 0) is 6.54 Å². The Hall–Kier alpha value is -1.38. The molecule has 2 rings (SSSR count). The van der Waals surface area contributed by atoms with Gasteiger partial charge in [0, 0.05) is 18.2 Å². The Balaban J connectivity index is 0.00000288. The molecule has 1 aromatic carbocycles. The first-order chi connectivity index (χ1) is 11.1. The summed E-state index contributed by atoms with van der Waals surface area (Å²) in [5.74, 6) is 3.45. The molecule has 0 radical (unpaired) electrons. The van der Waals surface area contributed by atoms with Crippen molar-refractivity contribution in [3.63, 3.8) is 0 Å². The fraction of sp³-hybridized carbons (Fsp3) is 0.588. The van der Waals surface area contributed by atoms with Crippen LogP contribution < -0.4 is 24.8 Å². The molecule has 1 aliphatic carbocycles. The Morgan fingerprint density at radius 2 is 1.83 bits per heavy atom. The van der Waals surface area contributed by atoms with E-state index in [2.05, 4.69) is 29.5 Å². The number of benzene rings is 1. The first-order valence-electron chi connectivity index (χ1n) is 7.97. The van der Waals surface area contributed by atoms with Gasteiger partial charge in [0.05, 0.1) is 27.9 Å². The van der Waals surface area contributed by atoms with E-state index in [1.54, 1.807) is 21.3 Å². The summed E-state index contributed by atoms with van der Waals surface area (Å²) < 4.78 is 16.2. The summed E-state index contributed by atoms with van der Waals surface area (Å²) in [6.07, 6.45) is 1.20. The first-order valence-corrected chi connectivity index (χ1v) is 7.97. The van der Waals surface area contributed by atoms with Gasteiger partial charge in [-0.3, -0.25) is 0 Å². The molecule has 24 heavy (non-hydrogen) atoms. The Bertz CT molecular complexity index is 566. The highest BCUT2D eigenvalue weighted by Gasteiger charge is 2.33. The molecule has 1 fully saturated rings. The van der Waals surface area contributed by atoms with Gasteiger partial charge in [-0.15, -0.1) is 24.0 Å². The summed E-state index contributed by atoms with van der Waals surface area (Å²) in [6, 6.07) is 4.35. The van der Waals surface area contributed by atoms with E-state index in [-0.39, 0.29) is 24.0 Å². The molecule has 0 saturated heterocycles. The lowest BCUT2D eigenvalue weighted by molar-refractivity contribution is 0.322. The number of halogens is 1. The zero-order chi connectivity index (χ0) is 16.8. The fourth-order valence-corrected chi connectivity index (χ4v) is 2.47. The minimum atomic E-state index is 0. The Labute approximate surface area is 161 Å². The SMILES string of the molecule is CCNC(=NCc1ccc(OC)c(OC)c1OC)NC1CC1C.I. The monoisotopic (exact) mass is 449 g/mol. The number of ether oxygens (including phenoxy) is 3. The largest absolute Gasteiger partial charge is 0.493 e. The van der Waals surface area contributed by atoms with Crippen molar-refractivity contribution in [2.75, 3.05) is 27.9 Å². The highest BCUT2D eigenvalue weighted by atomic mass is 127. The molecule has 2 unspecified atom stereocenters. The molecular formula is C17H28IN3O3. The predicted octanol–water partition coefficient (Wildman–Crippen LogP) is 2.79. The van der Waals surface area contributed by atoms with Gasteiger partial charge in [-0.2, -0.15) is 0 Å². The maximum Gasteiger partial charge on any atom is 0.203 e. The average molecular weight is 449 g/mol. The maximum atomic E-state index is 5.50. The molecule has 0 bridgehead atoms. The summed E-state index contributed by atoms with van der Waals surface area (Å²) in [5, 5.41) is 6.72. The number of methoxy groups -OCH3 is 3. The molecule has 7 heteroatoms. The van der Waals surface area contributed by atoms with Crippen LogP contribution in [0.5, 0.6) is 17.2 Å². The number of hydrogen-bond acceptors (Lipinski definition) is 4. The van der Waals surface area contributed by atoms with E-state index >= 15 is 0 Å². The second kappa shape index (κ2) is 9.80. The predicted molar refractivity (Wildman–Crippen MR) is 107 cm³/mol. The van der Waals surface area contributed by atoms with E-state index in [0.717, 1.165) is 24.0 Å². The lowest BCUT2D eigenvalue weighted by Gasteiger charge is -2.15. The van der Waals surface area contributed by atoms with Crippen LogP contribution in [-0.4, -0.2) is 39.9 Å². The standard InChI is InChI=1S/C17H27N3O3.HI/c1-6-18-17(20-13-9-11(13)2)19-10-12-7-8-14(21-3)16(23-5)15(12)22-4;/h7-8,11,13H,6,9-10H2,1-5H3,(H2,18,19,20);1H. The van der Waals surface area contributed by atoms with Crippen molar-refractivity contribution in [2.24, 2.45) is 10.9 Å². The Kier molecular flexibility index (Phi) is 8.44. The lowest BCUT2D eigenvalue weighted by atomic mass is 10.1. The molecule has 6 nitrogen and oxygen atoms in total. The summed E-state index contributed by atoms with van der Waals surface area (Å²) >= 11 is 0. The molecule has 0 amide bonds. The zero-order valence-electron chi connectivity index (χ0n) is 15.0. The molecular weight excluding hydrogens is 421 g/mol. The summed E-state index contributed by atoms with van der Waals surface area (Å²) in [4.78, 5) is 4.66. The zero-order valence-corrected chi connectivity index (χ0v) is 17.3. The molecule has 0 heterocycles. The molecule has 0 aliphatic heterocycles. The van der Waals surface area contributed by atoms with Crippen LogP contribution in [0, 0.1) is 5.92 Å². The minimum Gasteiger partial charge on any atom is -0.493 e.